The summed E-state index contributed by atoms with van der Waals surface area (Å²) < 4.78 is 0.713. The molecule has 0 aliphatic heterocycles. The van der Waals surface area contributed by atoms with Crippen molar-refractivity contribution in [3.05, 3.63) is 21.3 Å². The fraction of sp³-hybridized carbons (Fsp3) is 0.500. The standard InChI is InChI=1S/C12H17ClN2O3S/c1-7(2)10(11(16)17)15-12(18)14-6-5-8-3-4-9(13)19-8/h3-4,7,10H,5-6H2,1-2H3,(H,16,17)(H2,14,15,18). The monoisotopic (exact) mass is 304 g/mol. The lowest BCUT2D eigenvalue weighted by Gasteiger charge is -2.18. The van der Waals surface area contributed by atoms with E-state index in [1.165, 1.54) is 11.3 Å². The lowest BCUT2D eigenvalue weighted by Crippen LogP contribution is -2.48. The van der Waals surface area contributed by atoms with Gasteiger partial charge in [0.1, 0.15) is 6.04 Å². The van der Waals surface area contributed by atoms with Gasteiger partial charge in [-0.1, -0.05) is 25.4 Å². The summed E-state index contributed by atoms with van der Waals surface area (Å²) in [4.78, 5) is 23.5. The summed E-state index contributed by atoms with van der Waals surface area (Å²) in [6, 6.07) is 2.36. The number of carbonyl (C=O) groups excluding carboxylic acids is 1. The van der Waals surface area contributed by atoms with Gasteiger partial charge in [0.2, 0.25) is 0 Å². The van der Waals surface area contributed by atoms with E-state index in [9.17, 15) is 9.59 Å². The molecule has 3 N–H and O–H groups in total. The SMILES string of the molecule is CC(C)C(NC(=O)NCCc1ccc(Cl)s1)C(=O)O. The van der Waals surface area contributed by atoms with Crippen LogP contribution in [-0.4, -0.2) is 29.7 Å². The fourth-order valence-corrected chi connectivity index (χ4v) is 2.58. The van der Waals surface area contributed by atoms with E-state index in [1.54, 1.807) is 19.9 Å². The number of urea groups is 1. The second-order valence-electron chi connectivity index (χ2n) is 4.42. The average molecular weight is 305 g/mol. The van der Waals surface area contributed by atoms with Crippen molar-refractivity contribution >= 4 is 34.9 Å². The van der Waals surface area contributed by atoms with E-state index in [-0.39, 0.29) is 5.92 Å². The third kappa shape index (κ3) is 5.48. The zero-order valence-corrected chi connectivity index (χ0v) is 12.3. The third-order valence-corrected chi connectivity index (χ3v) is 3.80. The Balaban J connectivity index is 2.33. The predicted molar refractivity (Wildman–Crippen MR) is 75.8 cm³/mol. The van der Waals surface area contributed by atoms with Crippen LogP contribution in [0.3, 0.4) is 0 Å². The molecule has 1 aromatic heterocycles. The van der Waals surface area contributed by atoms with Gasteiger partial charge >= 0.3 is 12.0 Å². The smallest absolute Gasteiger partial charge is 0.326 e. The Kier molecular flexibility index (Phi) is 6.11. The summed E-state index contributed by atoms with van der Waals surface area (Å²) in [5.74, 6) is -1.20. The maximum atomic E-state index is 11.5. The molecule has 0 fully saturated rings. The number of carbonyl (C=O) groups is 2. The largest absolute Gasteiger partial charge is 0.480 e. The molecule has 7 heteroatoms. The lowest BCUT2D eigenvalue weighted by molar-refractivity contribution is -0.140. The highest BCUT2D eigenvalue weighted by Crippen LogP contribution is 2.21. The number of hydrogen-bond donors (Lipinski definition) is 3. The molecule has 1 aromatic rings. The van der Waals surface area contributed by atoms with Crippen LogP contribution in [-0.2, 0) is 11.2 Å². The molecule has 0 saturated heterocycles. The molecule has 19 heavy (non-hydrogen) atoms. The van der Waals surface area contributed by atoms with Crippen LogP contribution in [0.15, 0.2) is 12.1 Å². The van der Waals surface area contributed by atoms with Gasteiger partial charge in [-0.25, -0.2) is 9.59 Å². The Bertz CT molecular complexity index is 448. The van der Waals surface area contributed by atoms with E-state index >= 15 is 0 Å². The number of halogens is 1. The van der Waals surface area contributed by atoms with Crippen molar-refractivity contribution in [3.8, 4) is 0 Å². The van der Waals surface area contributed by atoms with Crippen molar-refractivity contribution in [2.45, 2.75) is 26.3 Å². The van der Waals surface area contributed by atoms with Crippen molar-refractivity contribution < 1.29 is 14.7 Å². The van der Waals surface area contributed by atoms with Crippen molar-refractivity contribution in [1.29, 1.82) is 0 Å². The first-order valence-electron chi connectivity index (χ1n) is 5.91. The molecule has 1 atom stereocenters. The van der Waals surface area contributed by atoms with Crippen LogP contribution in [0.4, 0.5) is 4.79 Å². The van der Waals surface area contributed by atoms with Gasteiger partial charge in [-0.2, -0.15) is 0 Å². The summed E-state index contributed by atoms with van der Waals surface area (Å²) >= 11 is 7.26. The molecule has 0 radical (unpaired) electrons. The Morgan fingerprint density at radius 2 is 2.11 bits per heavy atom. The highest BCUT2D eigenvalue weighted by Gasteiger charge is 2.22. The van der Waals surface area contributed by atoms with Gasteiger partial charge in [0.05, 0.1) is 4.34 Å². The molecule has 106 valence electrons. The van der Waals surface area contributed by atoms with E-state index in [2.05, 4.69) is 10.6 Å². The molecule has 0 bridgehead atoms. The Labute approximate surface area is 121 Å². The van der Waals surface area contributed by atoms with Crippen LogP contribution in [0.25, 0.3) is 0 Å². The number of thiophene rings is 1. The van der Waals surface area contributed by atoms with Gasteiger partial charge in [0.15, 0.2) is 0 Å². The first-order valence-corrected chi connectivity index (χ1v) is 7.11. The number of nitrogens with one attached hydrogen (secondary N) is 2. The van der Waals surface area contributed by atoms with E-state index < -0.39 is 18.0 Å². The summed E-state index contributed by atoms with van der Waals surface area (Å²) in [6.45, 7) is 3.92. The van der Waals surface area contributed by atoms with Crippen molar-refractivity contribution in [1.82, 2.24) is 10.6 Å². The zero-order chi connectivity index (χ0) is 14.4. The molecule has 0 spiro atoms. The number of carboxylic acid groups (broad SMARTS) is 1. The van der Waals surface area contributed by atoms with Gasteiger partial charge in [-0.05, 0) is 24.5 Å². The van der Waals surface area contributed by atoms with Crippen molar-refractivity contribution in [2.75, 3.05) is 6.54 Å². The van der Waals surface area contributed by atoms with Crippen LogP contribution in [0, 0.1) is 5.92 Å². The summed E-state index contributed by atoms with van der Waals surface area (Å²) in [5.41, 5.74) is 0. The number of carboxylic acids is 1. The van der Waals surface area contributed by atoms with E-state index in [0.29, 0.717) is 17.3 Å². The first kappa shape index (κ1) is 15.8. The zero-order valence-electron chi connectivity index (χ0n) is 10.8. The van der Waals surface area contributed by atoms with Gasteiger partial charge in [0.25, 0.3) is 0 Å². The highest BCUT2D eigenvalue weighted by molar-refractivity contribution is 7.16. The third-order valence-electron chi connectivity index (χ3n) is 2.51. The number of hydrogen-bond acceptors (Lipinski definition) is 3. The Morgan fingerprint density at radius 3 is 2.58 bits per heavy atom. The second-order valence-corrected chi connectivity index (χ2v) is 6.22. The predicted octanol–water partition coefficient (Wildman–Crippen LogP) is 2.35. The molecule has 1 rings (SSSR count). The average Bonchev–Trinajstić information content (AvgIpc) is 2.71. The summed E-state index contributed by atoms with van der Waals surface area (Å²) in [7, 11) is 0. The Morgan fingerprint density at radius 1 is 1.42 bits per heavy atom. The quantitative estimate of drug-likeness (QED) is 0.755. The van der Waals surface area contributed by atoms with Crippen LogP contribution in [0.2, 0.25) is 4.34 Å². The molecule has 0 aliphatic rings. The summed E-state index contributed by atoms with van der Waals surface area (Å²) in [6.07, 6.45) is 0.671. The highest BCUT2D eigenvalue weighted by atomic mass is 35.5. The molecular weight excluding hydrogens is 288 g/mol. The molecule has 1 heterocycles. The molecular formula is C12H17ClN2O3S. The molecule has 0 aliphatic carbocycles. The van der Waals surface area contributed by atoms with Crippen LogP contribution < -0.4 is 10.6 Å². The maximum Gasteiger partial charge on any atom is 0.326 e. The fourth-order valence-electron chi connectivity index (χ4n) is 1.49. The molecule has 0 aromatic carbocycles. The van der Waals surface area contributed by atoms with E-state index in [4.69, 9.17) is 16.7 Å². The molecule has 2 amide bonds. The van der Waals surface area contributed by atoms with Gasteiger partial charge in [-0.15, -0.1) is 11.3 Å². The van der Waals surface area contributed by atoms with Crippen molar-refractivity contribution in [3.63, 3.8) is 0 Å². The van der Waals surface area contributed by atoms with Crippen LogP contribution >= 0.6 is 22.9 Å². The first-order chi connectivity index (χ1) is 8.90. The topological polar surface area (TPSA) is 78.4 Å². The van der Waals surface area contributed by atoms with Crippen LogP contribution in [0.1, 0.15) is 18.7 Å². The number of amides is 2. The van der Waals surface area contributed by atoms with Gasteiger partial charge < -0.3 is 15.7 Å². The minimum absolute atomic E-state index is 0.167. The Hall–Kier alpha value is -1.27. The van der Waals surface area contributed by atoms with E-state index in [1.807, 2.05) is 6.07 Å². The number of rotatable bonds is 6. The summed E-state index contributed by atoms with van der Waals surface area (Å²) in [5, 5.41) is 14.0. The van der Waals surface area contributed by atoms with Crippen molar-refractivity contribution in [2.24, 2.45) is 5.92 Å². The lowest BCUT2D eigenvalue weighted by atomic mass is 10.1. The molecule has 1 unspecified atom stereocenters. The molecule has 0 saturated carbocycles. The van der Waals surface area contributed by atoms with Gasteiger partial charge in [0, 0.05) is 11.4 Å². The molecule has 5 nitrogen and oxygen atoms in total. The number of aliphatic carboxylic acids is 1. The minimum Gasteiger partial charge on any atom is -0.480 e. The second kappa shape index (κ2) is 7.35. The minimum atomic E-state index is -1.03. The normalized spacial score (nSPS) is 12.2. The maximum absolute atomic E-state index is 11.5. The van der Waals surface area contributed by atoms with Gasteiger partial charge in [-0.3, -0.25) is 0 Å². The van der Waals surface area contributed by atoms with Crippen LogP contribution in [0.5, 0.6) is 0 Å². The van der Waals surface area contributed by atoms with E-state index in [0.717, 1.165) is 4.88 Å².